The smallest absolute Gasteiger partial charge is 0.0110 e. The molecule has 98 valence electrons. The molecule has 0 spiro atoms. The van der Waals surface area contributed by atoms with Crippen molar-refractivity contribution in [3.05, 3.63) is 22.4 Å². The molecule has 17 heavy (non-hydrogen) atoms. The van der Waals surface area contributed by atoms with Gasteiger partial charge in [-0.3, -0.25) is 4.90 Å². The van der Waals surface area contributed by atoms with Gasteiger partial charge >= 0.3 is 0 Å². The lowest BCUT2D eigenvalue weighted by Gasteiger charge is -2.26. The van der Waals surface area contributed by atoms with Crippen LogP contribution in [0.2, 0.25) is 0 Å². The molecule has 0 radical (unpaired) electrons. The van der Waals surface area contributed by atoms with Gasteiger partial charge in [-0.1, -0.05) is 13.8 Å². The van der Waals surface area contributed by atoms with Crippen LogP contribution >= 0.6 is 11.3 Å². The number of nitrogens with one attached hydrogen (secondary N) is 1. The van der Waals surface area contributed by atoms with E-state index in [1.165, 1.54) is 12.0 Å². The van der Waals surface area contributed by atoms with E-state index in [4.69, 9.17) is 0 Å². The summed E-state index contributed by atoms with van der Waals surface area (Å²) in [6, 6.07) is 2.92. The number of hydrogen-bond acceptors (Lipinski definition) is 3. The number of thiophene rings is 1. The number of hydrogen-bond donors (Lipinski definition) is 1. The maximum atomic E-state index is 3.53. The van der Waals surface area contributed by atoms with Crippen molar-refractivity contribution >= 4 is 11.3 Å². The fourth-order valence-corrected chi connectivity index (χ4v) is 2.67. The van der Waals surface area contributed by atoms with Crippen molar-refractivity contribution in [2.24, 2.45) is 0 Å². The van der Waals surface area contributed by atoms with Crippen LogP contribution in [0, 0.1) is 0 Å². The highest BCUT2D eigenvalue weighted by molar-refractivity contribution is 7.07. The molecule has 0 saturated carbocycles. The molecule has 1 unspecified atom stereocenters. The van der Waals surface area contributed by atoms with Crippen LogP contribution in [0.25, 0.3) is 0 Å². The summed E-state index contributed by atoms with van der Waals surface area (Å²) in [5.41, 5.74) is 1.46. The second-order valence-corrected chi connectivity index (χ2v) is 5.30. The van der Waals surface area contributed by atoms with Gasteiger partial charge in [-0.2, -0.15) is 11.3 Å². The van der Waals surface area contributed by atoms with Crippen LogP contribution in [0.4, 0.5) is 0 Å². The molecule has 0 aliphatic rings. The van der Waals surface area contributed by atoms with Crippen molar-refractivity contribution in [1.29, 1.82) is 0 Å². The van der Waals surface area contributed by atoms with E-state index in [-0.39, 0.29) is 0 Å². The van der Waals surface area contributed by atoms with E-state index >= 15 is 0 Å². The van der Waals surface area contributed by atoms with Gasteiger partial charge < -0.3 is 5.32 Å². The Morgan fingerprint density at radius 3 is 2.76 bits per heavy atom. The fraction of sp³-hybridized carbons (Fsp3) is 0.714. The molecule has 0 amide bonds. The van der Waals surface area contributed by atoms with Crippen LogP contribution in [-0.2, 0) is 6.42 Å². The predicted octanol–water partition coefficient (Wildman–Crippen LogP) is 3.00. The lowest BCUT2D eigenvalue weighted by atomic mass is 10.2. The minimum absolute atomic E-state index is 0.707. The average Bonchev–Trinajstić information content (AvgIpc) is 2.86. The highest BCUT2D eigenvalue weighted by atomic mass is 32.1. The Labute approximate surface area is 110 Å². The second-order valence-electron chi connectivity index (χ2n) is 4.52. The zero-order valence-electron chi connectivity index (χ0n) is 11.4. The van der Waals surface area contributed by atoms with E-state index in [0.717, 1.165) is 32.6 Å². The van der Waals surface area contributed by atoms with Gasteiger partial charge in [-0.25, -0.2) is 0 Å². The second kappa shape index (κ2) is 8.67. The van der Waals surface area contributed by atoms with E-state index in [9.17, 15) is 0 Å². The van der Waals surface area contributed by atoms with Crippen LogP contribution in [0.3, 0.4) is 0 Å². The molecule has 2 nitrogen and oxygen atoms in total. The minimum atomic E-state index is 0.707. The summed E-state index contributed by atoms with van der Waals surface area (Å²) < 4.78 is 0. The van der Waals surface area contributed by atoms with Gasteiger partial charge in [0.2, 0.25) is 0 Å². The molecule has 1 heterocycles. The van der Waals surface area contributed by atoms with Crippen molar-refractivity contribution in [3.63, 3.8) is 0 Å². The topological polar surface area (TPSA) is 15.3 Å². The summed E-state index contributed by atoms with van der Waals surface area (Å²) in [4.78, 5) is 2.54. The molecule has 1 rings (SSSR count). The number of likely N-dealkylation sites (N-methyl/N-ethyl adjacent to an activating group) is 1. The normalized spacial score (nSPS) is 13.2. The average molecular weight is 254 g/mol. The SMILES string of the molecule is CCC(C)N(CC)CCNCCc1ccsc1. The first-order chi connectivity index (χ1) is 8.27. The molecule has 1 atom stereocenters. The summed E-state index contributed by atoms with van der Waals surface area (Å²) in [6.07, 6.45) is 2.39. The molecule has 0 bridgehead atoms. The summed E-state index contributed by atoms with van der Waals surface area (Å²) in [6.45, 7) is 11.3. The van der Waals surface area contributed by atoms with E-state index in [2.05, 4.69) is 47.8 Å². The standard InChI is InChI=1S/C14H26N2S/c1-4-13(3)16(5-2)10-9-15-8-6-14-7-11-17-12-14/h7,11-13,15H,4-6,8-10H2,1-3H3. The van der Waals surface area contributed by atoms with E-state index in [1.807, 2.05) is 0 Å². The zero-order chi connectivity index (χ0) is 12.5. The van der Waals surface area contributed by atoms with Gasteiger partial charge in [0.05, 0.1) is 0 Å². The largest absolute Gasteiger partial charge is 0.315 e. The van der Waals surface area contributed by atoms with E-state index in [1.54, 1.807) is 11.3 Å². The molecule has 1 N–H and O–H groups in total. The quantitative estimate of drug-likeness (QED) is 0.682. The van der Waals surface area contributed by atoms with Gasteiger partial charge in [0.25, 0.3) is 0 Å². The first kappa shape index (κ1) is 14.7. The zero-order valence-corrected chi connectivity index (χ0v) is 12.2. The van der Waals surface area contributed by atoms with Crippen LogP contribution < -0.4 is 5.32 Å². The monoisotopic (exact) mass is 254 g/mol. The highest BCUT2D eigenvalue weighted by Crippen LogP contribution is 2.05. The van der Waals surface area contributed by atoms with Crippen molar-refractivity contribution in [2.45, 2.75) is 39.7 Å². The Bertz CT molecular complexity index is 272. The molecule has 1 aromatic heterocycles. The predicted molar refractivity (Wildman–Crippen MR) is 77.9 cm³/mol. The van der Waals surface area contributed by atoms with Crippen LogP contribution in [0.5, 0.6) is 0 Å². The molecule has 0 aliphatic carbocycles. The fourth-order valence-electron chi connectivity index (χ4n) is 1.96. The summed E-state index contributed by atoms with van der Waals surface area (Å²) in [5, 5.41) is 7.92. The van der Waals surface area contributed by atoms with Crippen LogP contribution in [0.1, 0.15) is 32.8 Å². The van der Waals surface area contributed by atoms with Crippen molar-refractivity contribution in [1.82, 2.24) is 10.2 Å². The Kier molecular flexibility index (Phi) is 7.49. The molecular formula is C14H26N2S. The first-order valence-electron chi connectivity index (χ1n) is 6.73. The number of nitrogens with zero attached hydrogens (tertiary/aromatic N) is 1. The molecule has 0 aliphatic heterocycles. The van der Waals surface area contributed by atoms with Crippen molar-refractivity contribution < 1.29 is 0 Å². The maximum Gasteiger partial charge on any atom is 0.0110 e. The van der Waals surface area contributed by atoms with E-state index in [0.29, 0.717) is 6.04 Å². The minimum Gasteiger partial charge on any atom is -0.315 e. The molecule has 3 heteroatoms. The van der Waals surface area contributed by atoms with Crippen LogP contribution in [0.15, 0.2) is 16.8 Å². The van der Waals surface area contributed by atoms with E-state index < -0.39 is 0 Å². The highest BCUT2D eigenvalue weighted by Gasteiger charge is 2.08. The molecule has 0 fully saturated rings. The van der Waals surface area contributed by atoms with Gasteiger partial charge in [-0.05, 0) is 55.2 Å². The van der Waals surface area contributed by atoms with Crippen molar-refractivity contribution in [3.8, 4) is 0 Å². The first-order valence-corrected chi connectivity index (χ1v) is 7.68. The Hall–Kier alpha value is -0.380. The van der Waals surface area contributed by atoms with Gasteiger partial charge in [-0.15, -0.1) is 0 Å². The maximum absolute atomic E-state index is 3.53. The third kappa shape index (κ3) is 5.66. The number of rotatable bonds is 9. The van der Waals surface area contributed by atoms with Gasteiger partial charge in [0.1, 0.15) is 0 Å². The Morgan fingerprint density at radius 2 is 2.18 bits per heavy atom. The molecule has 1 aromatic rings. The van der Waals surface area contributed by atoms with Crippen molar-refractivity contribution in [2.75, 3.05) is 26.2 Å². The lowest BCUT2D eigenvalue weighted by Crippen LogP contribution is -2.38. The summed E-state index contributed by atoms with van der Waals surface area (Å²) in [7, 11) is 0. The molecule has 0 saturated heterocycles. The summed E-state index contributed by atoms with van der Waals surface area (Å²) in [5.74, 6) is 0. The third-order valence-corrected chi connectivity index (χ3v) is 4.10. The van der Waals surface area contributed by atoms with Gasteiger partial charge in [0, 0.05) is 19.1 Å². The van der Waals surface area contributed by atoms with Gasteiger partial charge in [0.15, 0.2) is 0 Å². The Morgan fingerprint density at radius 1 is 1.35 bits per heavy atom. The third-order valence-electron chi connectivity index (χ3n) is 3.37. The van der Waals surface area contributed by atoms with Crippen LogP contribution in [-0.4, -0.2) is 37.1 Å². The summed E-state index contributed by atoms with van der Waals surface area (Å²) >= 11 is 1.78. The molecular weight excluding hydrogens is 228 g/mol. The lowest BCUT2D eigenvalue weighted by molar-refractivity contribution is 0.215. The molecule has 0 aromatic carbocycles. The Balaban J connectivity index is 2.06.